The monoisotopic (exact) mass is 530 g/mol. The maximum atomic E-state index is 12.2. The minimum absolute atomic E-state index is 0.0674. The molecule has 4 aromatic rings. The molecule has 1 fully saturated rings. The Labute approximate surface area is 202 Å². The summed E-state index contributed by atoms with van der Waals surface area (Å²) in [5.74, 6) is 0.843. The van der Waals surface area contributed by atoms with Crippen LogP contribution in [0.4, 0.5) is 0 Å². The highest BCUT2D eigenvalue weighted by Crippen LogP contribution is 2.42. The summed E-state index contributed by atoms with van der Waals surface area (Å²) in [4.78, 5) is 20.4. The fraction of sp³-hybridized carbons (Fsp3) is 0.348. The lowest BCUT2D eigenvalue weighted by Crippen LogP contribution is -2.39. The molecular formula is C23H23BrN4O4S. The highest BCUT2D eigenvalue weighted by Gasteiger charge is 2.34. The molecule has 5 rings (SSSR count). The second-order valence-corrected chi connectivity index (χ2v) is 9.84. The van der Waals surface area contributed by atoms with Crippen LogP contribution in [0.1, 0.15) is 36.2 Å². The summed E-state index contributed by atoms with van der Waals surface area (Å²) in [5, 5.41) is 15.6. The number of nitrogens with zero attached hydrogens (tertiary/aromatic N) is 4. The fourth-order valence-corrected chi connectivity index (χ4v) is 5.83. The molecule has 3 aromatic heterocycles. The smallest absolute Gasteiger partial charge is 0.309 e. The number of carbonyl (C=O) groups is 1. The fourth-order valence-electron chi connectivity index (χ4n) is 4.30. The molecule has 0 saturated carbocycles. The van der Waals surface area contributed by atoms with Crippen molar-refractivity contribution >= 4 is 38.2 Å². The molecule has 0 radical (unpaired) electrons. The summed E-state index contributed by atoms with van der Waals surface area (Å²) in [6, 6.07) is 11.5. The van der Waals surface area contributed by atoms with Crippen LogP contribution in [0, 0.1) is 5.92 Å². The first kappa shape index (κ1) is 22.1. The molecule has 4 heterocycles. The first-order valence-corrected chi connectivity index (χ1v) is 12.4. The summed E-state index contributed by atoms with van der Waals surface area (Å²) >= 11 is 4.98. The van der Waals surface area contributed by atoms with E-state index < -0.39 is 0 Å². The van der Waals surface area contributed by atoms with E-state index in [4.69, 9.17) is 9.15 Å². The van der Waals surface area contributed by atoms with E-state index in [-0.39, 0.29) is 23.8 Å². The SMILES string of the molecule is CCOC(=O)C1CCN([C@@H](c2cccc(Br)c2)c2sc3nc(-c4ccco4)nn3c2O)CC1. The third-order valence-electron chi connectivity index (χ3n) is 5.87. The Morgan fingerprint density at radius 2 is 2.15 bits per heavy atom. The molecule has 0 amide bonds. The van der Waals surface area contributed by atoms with Crippen LogP contribution in [0.15, 0.2) is 51.6 Å². The Kier molecular flexibility index (Phi) is 6.22. The maximum absolute atomic E-state index is 12.2. The van der Waals surface area contributed by atoms with Crippen LogP contribution in [0.2, 0.25) is 0 Å². The lowest BCUT2D eigenvalue weighted by molar-refractivity contribution is -0.149. The number of aromatic hydroxyl groups is 1. The summed E-state index contributed by atoms with van der Waals surface area (Å²) in [7, 11) is 0. The van der Waals surface area contributed by atoms with Gasteiger partial charge in [-0.05, 0) is 62.7 Å². The average molecular weight is 531 g/mol. The predicted octanol–water partition coefficient (Wildman–Crippen LogP) is 4.88. The molecule has 0 bridgehead atoms. The number of rotatable bonds is 6. The molecule has 1 aliphatic heterocycles. The lowest BCUT2D eigenvalue weighted by atomic mass is 9.93. The Hall–Kier alpha value is -2.69. The van der Waals surface area contributed by atoms with Crippen LogP contribution in [-0.2, 0) is 9.53 Å². The van der Waals surface area contributed by atoms with Gasteiger partial charge < -0.3 is 14.3 Å². The predicted molar refractivity (Wildman–Crippen MR) is 127 cm³/mol. The number of aromatic nitrogens is 3. The number of furan rings is 1. The van der Waals surface area contributed by atoms with Gasteiger partial charge in [0, 0.05) is 4.47 Å². The normalized spacial score (nSPS) is 16.3. The van der Waals surface area contributed by atoms with Crippen LogP contribution in [0.3, 0.4) is 0 Å². The number of carbonyl (C=O) groups excluding carboxylic acids is 1. The number of benzene rings is 1. The number of hydrogen-bond acceptors (Lipinski definition) is 8. The summed E-state index contributed by atoms with van der Waals surface area (Å²) in [6.45, 7) is 3.66. The molecule has 33 heavy (non-hydrogen) atoms. The van der Waals surface area contributed by atoms with E-state index in [1.807, 2.05) is 19.1 Å². The first-order valence-electron chi connectivity index (χ1n) is 10.8. The Balaban J connectivity index is 1.49. The number of halogens is 1. The molecule has 10 heteroatoms. The van der Waals surface area contributed by atoms with Crippen molar-refractivity contribution in [3.05, 3.63) is 57.6 Å². The van der Waals surface area contributed by atoms with Gasteiger partial charge in [-0.2, -0.15) is 9.50 Å². The van der Waals surface area contributed by atoms with Crippen molar-refractivity contribution in [2.75, 3.05) is 19.7 Å². The molecule has 1 aromatic carbocycles. The average Bonchev–Trinajstić information content (AvgIpc) is 3.54. The van der Waals surface area contributed by atoms with Crippen molar-refractivity contribution in [1.29, 1.82) is 0 Å². The van der Waals surface area contributed by atoms with Crippen LogP contribution in [0.5, 0.6) is 5.88 Å². The van der Waals surface area contributed by atoms with Crippen molar-refractivity contribution in [3.8, 4) is 17.5 Å². The van der Waals surface area contributed by atoms with Gasteiger partial charge in [0.1, 0.15) is 0 Å². The van der Waals surface area contributed by atoms with Crippen LogP contribution >= 0.6 is 27.3 Å². The quantitative estimate of drug-likeness (QED) is 0.355. The molecule has 0 spiro atoms. The second kappa shape index (κ2) is 9.28. The van der Waals surface area contributed by atoms with Crippen molar-refractivity contribution in [1.82, 2.24) is 19.5 Å². The zero-order valence-electron chi connectivity index (χ0n) is 18.0. The van der Waals surface area contributed by atoms with E-state index in [9.17, 15) is 9.90 Å². The third-order valence-corrected chi connectivity index (χ3v) is 7.43. The number of ether oxygens (including phenoxy) is 1. The molecular weight excluding hydrogens is 508 g/mol. The van der Waals surface area contributed by atoms with Crippen molar-refractivity contribution in [3.63, 3.8) is 0 Å². The standard InChI is InChI=1S/C23H23BrN4O4S/c1-2-31-22(30)14-8-10-27(11-9-14)18(15-5-3-6-16(24)13-15)19-21(29)28-23(33-19)25-20(26-28)17-7-4-12-32-17/h3-7,12-14,18,29H,2,8-11H2,1H3/t18-/m0/s1. The van der Waals surface area contributed by atoms with Gasteiger partial charge >= 0.3 is 5.97 Å². The number of fused-ring (bicyclic) bond motifs is 1. The van der Waals surface area contributed by atoms with Gasteiger partial charge in [0.05, 0.1) is 29.7 Å². The Morgan fingerprint density at radius 1 is 1.33 bits per heavy atom. The van der Waals surface area contributed by atoms with Crippen molar-refractivity contribution in [2.24, 2.45) is 5.92 Å². The molecule has 1 saturated heterocycles. The Bertz CT molecular complexity index is 1260. The molecule has 1 aliphatic rings. The van der Waals surface area contributed by atoms with E-state index in [0.717, 1.165) is 14.9 Å². The molecule has 8 nitrogen and oxygen atoms in total. The minimum atomic E-state index is -0.189. The first-order chi connectivity index (χ1) is 16.0. The van der Waals surface area contributed by atoms with E-state index in [1.165, 1.54) is 15.9 Å². The topological polar surface area (TPSA) is 93.1 Å². The number of thiazole rings is 1. The Morgan fingerprint density at radius 3 is 2.82 bits per heavy atom. The van der Waals surface area contributed by atoms with Gasteiger partial charge in [-0.1, -0.05) is 39.4 Å². The molecule has 0 unspecified atom stereocenters. The van der Waals surface area contributed by atoms with Crippen molar-refractivity contribution in [2.45, 2.75) is 25.8 Å². The number of hydrogen-bond donors (Lipinski definition) is 1. The number of likely N-dealkylation sites (tertiary alicyclic amines) is 1. The van der Waals surface area contributed by atoms with Gasteiger partial charge in [-0.15, -0.1) is 5.10 Å². The van der Waals surface area contributed by atoms with E-state index >= 15 is 0 Å². The minimum Gasteiger partial charge on any atom is -0.492 e. The van der Waals surface area contributed by atoms with Crippen LogP contribution < -0.4 is 0 Å². The molecule has 1 atom stereocenters. The zero-order valence-corrected chi connectivity index (χ0v) is 20.4. The summed E-state index contributed by atoms with van der Waals surface area (Å²) in [5.41, 5.74) is 1.05. The van der Waals surface area contributed by atoms with E-state index in [2.05, 4.69) is 43.0 Å². The van der Waals surface area contributed by atoms with E-state index in [1.54, 1.807) is 18.4 Å². The third kappa shape index (κ3) is 4.30. The number of piperidine rings is 1. The van der Waals surface area contributed by atoms with Gasteiger partial charge in [0.25, 0.3) is 0 Å². The summed E-state index contributed by atoms with van der Waals surface area (Å²) < 4.78 is 13.0. The second-order valence-electron chi connectivity index (χ2n) is 7.92. The maximum Gasteiger partial charge on any atom is 0.309 e. The van der Waals surface area contributed by atoms with Gasteiger partial charge in [-0.25, -0.2) is 0 Å². The summed E-state index contributed by atoms with van der Waals surface area (Å²) in [6.07, 6.45) is 3.00. The molecule has 1 N–H and O–H groups in total. The number of esters is 1. The lowest BCUT2D eigenvalue weighted by Gasteiger charge is -2.36. The van der Waals surface area contributed by atoms with Crippen LogP contribution in [-0.4, -0.2) is 50.3 Å². The highest BCUT2D eigenvalue weighted by molar-refractivity contribution is 9.10. The van der Waals surface area contributed by atoms with Gasteiger partial charge in [0.2, 0.25) is 16.7 Å². The highest BCUT2D eigenvalue weighted by atomic mass is 79.9. The van der Waals surface area contributed by atoms with E-state index in [0.29, 0.717) is 49.1 Å². The van der Waals surface area contributed by atoms with Crippen LogP contribution in [0.25, 0.3) is 16.5 Å². The van der Waals surface area contributed by atoms with Gasteiger partial charge in [0.15, 0.2) is 5.76 Å². The molecule has 0 aliphatic carbocycles. The largest absolute Gasteiger partial charge is 0.492 e. The van der Waals surface area contributed by atoms with Crippen molar-refractivity contribution < 1.29 is 19.1 Å². The van der Waals surface area contributed by atoms with Gasteiger partial charge in [-0.3, -0.25) is 9.69 Å². The zero-order chi connectivity index (χ0) is 22.9. The molecule has 172 valence electrons.